The minimum Gasteiger partial charge on any atom is -0.483 e. The van der Waals surface area contributed by atoms with Crippen LogP contribution in [0.15, 0.2) is 39.2 Å². The number of hydrogen-bond acceptors (Lipinski definition) is 4. The molecule has 142 valence electrons. The zero-order valence-electron chi connectivity index (χ0n) is 14.9. The highest BCUT2D eigenvalue weighted by molar-refractivity contribution is 9.10. The Morgan fingerprint density at radius 3 is 2.74 bits per heavy atom. The molecule has 0 atom stereocenters. The third kappa shape index (κ3) is 4.51. The lowest BCUT2D eigenvalue weighted by atomic mass is 10.1. The number of halogens is 2. The molecule has 0 unspecified atom stereocenters. The molecule has 0 saturated carbocycles. The van der Waals surface area contributed by atoms with Crippen molar-refractivity contribution in [3.05, 3.63) is 51.0 Å². The van der Waals surface area contributed by atoms with Crippen LogP contribution in [0.1, 0.15) is 24.0 Å². The molecule has 0 spiro atoms. The monoisotopic (exact) mass is 450 g/mol. The van der Waals surface area contributed by atoms with Gasteiger partial charge in [0.05, 0.1) is 5.02 Å². The van der Waals surface area contributed by atoms with Crippen molar-refractivity contribution < 1.29 is 14.3 Å². The smallest absolute Gasteiger partial charge is 0.290 e. The van der Waals surface area contributed by atoms with Gasteiger partial charge in [-0.3, -0.25) is 9.69 Å². The molecule has 3 aromatic rings. The molecule has 4 rings (SSSR count). The Labute approximate surface area is 171 Å². The first-order valence-electron chi connectivity index (χ1n) is 8.68. The first-order chi connectivity index (χ1) is 13.0. The molecule has 7 heteroatoms. The molecule has 2 heterocycles. The van der Waals surface area contributed by atoms with E-state index in [9.17, 15) is 0 Å². The van der Waals surface area contributed by atoms with Crippen LogP contribution in [0, 0.1) is 6.92 Å². The van der Waals surface area contributed by atoms with Gasteiger partial charge in [-0.2, -0.15) is 0 Å². The van der Waals surface area contributed by atoms with Crippen LogP contribution in [0.5, 0.6) is 0 Å². The lowest BCUT2D eigenvalue weighted by Crippen LogP contribution is -2.18. The molecule has 1 aromatic heterocycles. The van der Waals surface area contributed by atoms with E-state index in [4.69, 9.17) is 30.9 Å². The summed E-state index contributed by atoms with van der Waals surface area (Å²) in [5.74, 6) is 0.615. The first-order valence-corrected chi connectivity index (χ1v) is 9.85. The van der Waals surface area contributed by atoms with Crippen molar-refractivity contribution in [3.8, 4) is 11.5 Å². The molecule has 1 aliphatic rings. The Kier molecular flexibility index (Phi) is 6.52. The molecule has 0 amide bonds. The van der Waals surface area contributed by atoms with Gasteiger partial charge in [0.15, 0.2) is 5.58 Å². The van der Waals surface area contributed by atoms with Gasteiger partial charge >= 0.3 is 0 Å². The molecule has 0 radical (unpaired) electrons. The number of carboxylic acid groups (broad SMARTS) is 1. The summed E-state index contributed by atoms with van der Waals surface area (Å²) in [5, 5.41) is 7.52. The fourth-order valence-electron chi connectivity index (χ4n) is 3.29. The second kappa shape index (κ2) is 8.87. The predicted octanol–water partition coefficient (Wildman–Crippen LogP) is 5.52. The lowest BCUT2D eigenvalue weighted by molar-refractivity contribution is -0.122. The zero-order valence-corrected chi connectivity index (χ0v) is 17.3. The Balaban J connectivity index is 0.000000659. The van der Waals surface area contributed by atoms with E-state index in [0.29, 0.717) is 16.5 Å². The number of aromatic nitrogens is 1. The van der Waals surface area contributed by atoms with Crippen molar-refractivity contribution in [2.24, 2.45) is 0 Å². The highest BCUT2D eigenvalue weighted by atomic mass is 79.9. The maximum atomic E-state index is 8.36. The number of benzene rings is 2. The normalized spacial score (nSPS) is 14.2. The number of rotatable bonds is 3. The summed E-state index contributed by atoms with van der Waals surface area (Å²) in [6, 6.07) is 10.1. The highest BCUT2D eigenvalue weighted by Gasteiger charge is 2.17. The van der Waals surface area contributed by atoms with E-state index in [1.54, 1.807) is 0 Å². The van der Waals surface area contributed by atoms with Crippen LogP contribution in [0.25, 0.3) is 22.6 Å². The fourth-order valence-corrected chi connectivity index (χ4v) is 3.93. The van der Waals surface area contributed by atoms with E-state index in [2.05, 4.69) is 33.8 Å². The number of likely N-dealkylation sites (tertiary alicyclic amines) is 1. The molecule has 1 saturated heterocycles. The van der Waals surface area contributed by atoms with Crippen LogP contribution in [0.3, 0.4) is 0 Å². The molecule has 1 aliphatic heterocycles. The number of hydrogen-bond donors (Lipinski definition) is 1. The second-order valence-electron chi connectivity index (χ2n) is 6.45. The van der Waals surface area contributed by atoms with Crippen LogP contribution >= 0.6 is 27.5 Å². The largest absolute Gasteiger partial charge is 0.483 e. The van der Waals surface area contributed by atoms with Crippen molar-refractivity contribution in [1.82, 2.24) is 9.88 Å². The minimum absolute atomic E-state index is 0.250. The average Bonchev–Trinajstić information content (AvgIpc) is 3.28. The fraction of sp³-hybridized carbons (Fsp3) is 0.300. The molecule has 2 aromatic carbocycles. The van der Waals surface area contributed by atoms with Gasteiger partial charge in [-0.1, -0.05) is 33.6 Å². The highest BCUT2D eigenvalue weighted by Crippen LogP contribution is 2.34. The Hall–Kier alpha value is -1.89. The van der Waals surface area contributed by atoms with Crippen LogP contribution < -0.4 is 0 Å². The summed E-state index contributed by atoms with van der Waals surface area (Å²) in [6.07, 6.45) is 2.57. The van der Waals surface area contributed by atoms with Gasteiger partial charge in [0.2, 0.25) is 5.89 Å². The van der Waals surface area contributed by atoms with Gasteiger partial charge in [-0.25, -0.2) is 4.98 Å². The van der Waals surface area contributed by atoms with Crippen molar-refractivity contribution in [1.29, 1.82) is 0 Å². The average molecular weight is 452 g/mol. The first kappa shape index (κ1) is 19.9. The van der Waals surface area contributed by atoms with Gasteiger partial charge in [-0.05, 0) is 68.2 Å². The molecule has 5 nitrogen and oxygen atoms in total. The van der Waals surface area contributed by atoms with E-state index < -0.39 is 0 Å². The van der Waals surface area contributed by atoms with Gasteiger partial charge in [0.25, 0.3) is 6.47 Å². The zero-order chi connectivity index (χ0) is 19.4. The van der Waals surface area contributed by atoms with Gasteiger partial charge in [0, 0.05) is 16.6 Å². The molecular formula is C20H20BrClN2O3. The standard InChI is InChI=1S/C19H18BrClN2O.CH2O2/c1-12-14(5-4-6-15(12)20)19-22-17-10-13(9-16(21)18(17)24-19)11-23-7-2-3-8-23;2-1-3/h4-6,9-10H,2-3,7-8,11H2,1H3;1H,(H,2,3). The van der Waals surface area contributed by atoms with Crippen molar-refractivity contribution in [3.63, 3.8) is 0 Å². The van der Waals surface area contributed by atoms with Crippen molar-refractivity contribution in [2.75, 3.05) is 13.1 Å². The Morgan fingerprint density at radius 2 is 2.04 bits per heavy atom. The van der Waals surface area contributed by atoms with E-state index in [1.807, 2.05) is 24.3 Å². The van der Waals surface area contributed by atoms with E-state index in [-0.39, 0.29) is 6.47 Å². The van der Waals surface area contributed by atoms with Gasteiger partial charge in [-0.15, -0.1) is 0 Å². The van der Waals surface area contributed by atoms with Crippen LogP contribution in [0.4, 0.5) is 0 Å². The number of oxazole rings is 1. The minimum atomic E-state index is -0.250. The summed E-state index contributed by atoms with van der Waals surface area (Å²) < 4.78 is 7.01. The molecule has 27 heavy (non-hydrogen) atoms. The van der Waals surface area contributed by atoms with Gasteiger partial charge in [0.1, 0.15) is 5.52 Å². The summed E-state index contributed by atoms with van der Waals surface area (Å²) >= 11 is 10.0. The number of carbonyl (C=O) groups is 1. The number of nitrogens with zero attached hydrogens (tertiary/aromatic N) is 2. The quantitative estimate of drug-likeness (QED) is 0.531. The number of fused-ring (bicyclic) bond motifs is 1. The second-order valence-corrected chi connectivity index (χ2v) is 7.71. The molecule has 1 N–H and O–H groups in total. The maximum absolute atomic E-state index is 8.36. The summed E-state index contributed by atoms with van der Waals surface area (Å²) in [5.41, 5.74) is 4.78. The molecule has 0 aliphatic carbocycles. The third-order valence-electron chi connectivity index (χ3n) is 4.61. The predicted molar refractivity (Wildman–Crippen MR) is 110 cm³/mol. The maximum Gasteiger partial charge on any atom is 0.290 e. The van der Waals surface area contributed by atoms with E-state index in [0.717, 1.165) is 40.8 Å². The van der Waals surface area contributed by atoms with Gasteiger partial charge < -0.3 is 9.52 Å². The van der Waals surface area contributed by atoms with Crippen LogP contribution in [0.2, 0.25) is 5.02 Å². The molecular weight excluding hydrogens is 432 g/mol. The van der Waals surface area contributed by atoms with E-state index in [1.165, 1.54) is 18.4 Å². The molecule has 0 bridgehead atoms. The summed E-state index contributed by atoms with van der Waals surface area (Å²) in [7, 11) is 0. The topological polar surface area (TPSA) is 66.6 Å². The van der Waals surface area contributed by atoms with Crippen LogP contribution in [-0.4, -0.2) is 34.6 Å². The van der Waals surface area contributed by atoms with E-state index >= 15 is 0 Å². The van der Waals surface area contributed by atoms with Crippen molar-refractivity contribution in [2.45, 2.75) is 26.3 Å². The van der Waals surface area contributed by atoms with Crippen molar-refractivity contribution >= 4 is 45.1 Å². The summed E-state index contributed by atoms with van der Waals surface area (Å²) in [6.45, 7) is 5.05. The van der Waals surface area contributed by atoms with Crippen LogP contribution in [-0.2, 0) is 11.3 Å². The lowest BCUT2D eigenvalue weighted by Gasteiger charge is -2.14. The SMILES string of the molecule is Cc1c(Br)cccc1-c1nc2cc(CN3CCCC3)cc(Cl)c2o1.O=CO. The molecule has 1 fully saturated rings. The Bertz CT molecular complexity index is 952. The summed E-state index contributed by atoms with van der Waals surface area (Å²) in [4.78, 5) is 15.5. The third-order valence-corrected chi connectivity index (χ3v) is 5.75. The Morgan fingerprint density at radius 1 is 1.33 bits per heavy atom.